The van der Waals surface area contributed by atoms with Crippen molar-refractivity contribution in [3.05, 3.63) is 43.0 Å². The summed E-state index contributed by atoms with van der Waals surface area (Å²) in [5.74, 6) is -0.158. The Morgan fingerprint density at radius 1 is 1.07 bits per heavy atom. The van der Waals surface area contributed by atoms with E-state index in [9.17, 15) is 14.2 Å². The van der Waals surface area contributed by atoms with Crippen molar-refractivity contribution in [3.63, 3.8) is 0 Å². The zero-order valence-electron chi connectivity index (χ0n) is 26.2. The normalized spacial score (nSPS) is 18.6. The molecular weight excluding hydrogens is 603 g/mol. The third kappa shape index (κ3) is 10.2. The van der Waals surface area contributed by atoms with Gasteiger partial charge >= 0.3 is 19.5 Å². The molecule has 0 saturated carbocycles. The lowest BCUT2D eigenvalue weighted by Gasteiger charge is -2.26. The van der Waals surface area contributed by atoms with Gasteiger partial charge in [0.25, 0.3) is 0 Å². The van der Waals surface area contributed by atoms with Crippen molar-refractivity contribution in [1.29, 1.82) is 0 Å². The molecule has 1 fully saturated rings. The summed E-state index contributed by atoms with van der Waals surface area (Å²) in [7, 11) is -3.97. The summed E-state index contributed by atoms with van der Waals surface area (Å²) in [6.07, 6.45) is 2.88. The molecule has 1 unspecified atom stereocenters. The summed E-state index contributed by atoms with van der Waals surface area (Å²) >= 11 is 0. The van der Waals surface area contributed by atoms with Gasteiger partial charge in [0.15, 0.2) is 11.5 Å². The minimum atomic E-state index is -3.97. The number of nitrogens with one attached hydrogen (secondary N) is 1. The van der Waals surface area contributed by atoms with E-state index in [-0.39, 0.29) is 25.6 Å². The Morgan fingerprint density at radius 2 is 1.78 bits per heavy atom. The number of imidazole rings is 1. The molecule has 15 heteroatoms. The van der Waals surface area contributed by atoms with E-state index in [1.54, 1.807) is 41.2 Å². The predicted octanol–water partition coefficient (Wildman–Crippen LogP) is 4.47. The van der Waals surface area contributed by atoms with Crippen molar-refractivity contribution < 1.29 is 37.6 Å². The van der Waals surface area contributed by atoms with Crippen molar-refractivity contribution in [2.75, 3.05) is 31.9 Å². The van der Waals surface area contributed by atoms with E-state index in [1.807, 2.05) is 27.7 Å². The molecule has 0 amide bonds. The smallest absolute Gasteiger partial charge is 0.342 e. The number of aromatic nitrogens is 4. The van der Waals surface area contributed by atoms with Crippen LogP contribution in [0.5, 0.6) is 5.75 Å². The van der Waals surface area contributed by atoms with Crippen LogP contribution in [0.25, 0.3) is 11.2 Å². The molecule has 3 heterocycles. The molecule has 0 spiro atoms. The molecule has 14 nitrogen and oxygen atoms in total. The molecular formula is C30H43N6O8P. The van der Waals surface area contributed by atoms with E-state index in [2.05, 4.69) is 20.0 Å². The van der Waals surface area contributed by atoms with Crippen molar-refractivity contribution in [2.24, 2.45) is 11.8 Å². The van der Waals surface area contributed by atoms with Crippen LogP contribution in [0.3, 0.4) is 0 Å². The Hall–Kier alpha value is -3.58. The molecule has 3 aromatic rings. The number of carbonyl (C=O) groups is 2. The van der Waals surface area contributed by atoms with Gasteiger partial charge in [-0.15, -0.1) is 0 Å². The number of carbonyl (C=O) groups excluding carboxylic acids is 2. The van der Waals surface area contributed by atoms with E-state index in [0.717, 1.165) is 0 Å². The first-order chi connectivity index (χ1) is 21.5. The van der Waals surface area contributed by atoms with Gasteiger partial charge in [0, 0.05) is 6.42 Å². The van der Waals surface area contributed by atoms with Crippen LogP contribution < -0.4 is 15.3 Å². The summed E-state index contributed by atoms with van der Waals surface area (Å²) in [4.78, 5) is 38.4. The second-order valence-electron chi connectivity index (χ2n) is 11.7. The fourth-order valence-corrected chi connectivity index (χ4v) is 6.19. The number of nitrogen functional groups attached to an aromatic ring is 1. The second-order valence-corrected chi connectivity index (χ2v) is 13.8. The maximum Gasteiger partial charge on any atom is 0.342 e. The molecule has 1 saturated heterocycles. The van der Waals surface area contributed by atoms with Crippen molar-refractivity contribution in [1.82, 2.24) is 24.6 Å². The molecule has 0 aliphatic carbocycles. The van der Waals surface area contributed by atoms with E-state index < -0.39 is 50.6 Å². The third-order valence-corrected chi connectivity index (χ3v) is 8.72. The van der Waals surface area contributed by atoms with Gasteiger partial charge in [0.1, 0.15) is 36.2 Å². The number of nitrogens with two attached hydrogens (primary N) is 1. The zero-order valence-corrected chi connectivity index (χ0v) is 27.1. The van der Waals surface area contributed by atoms with Crippen LogP contribution in [0.4, 0.5) is 5.82 Å². The number of esters is 2. The molecule has 0 radical (unpaired) electrons. The first-order valence-electron chi connectivity index (χ1n) is 15.1. The third-order valence-electron chi connectivity index (χ3n) is 7.02. The Morgan fingerprint density at radius 3 is 2.49 bits per heavy atom. The SMILES string of the molecule is CC(C)CCOC(=O)C[C@H](NP(=O)(CO[C@H]1CO[C@@H](n2cnc3c(N)ncnc32)C1)Oc1ccccc1)C(=O)OCCC(C)C. The van der Waals surface area contributed by atoms with Crippen LogP contribution in [0.15, 0.2) is 43.0 Å². The standard InChI is InChI=1S/C30H43N6O8P/c1-20(2)10-12-40-26(37)15-24(30(38)41-13-11-21(3)4)35-45(39,44-22-8-6-5-7-9-22)19-43-23-14-25(42-16-23)36-18-34-27-28(31)32-17-33-29(27)36/h5-9,17-18,20-21,23-25H,10-16,19H2,1-4H3,(H,35,39)(H2,31,32,33)/t23-,24+,25-,45?/m1/s1. The number of rotatable bonds is 17. The summed E-state index contributed by atoms with van der Waals surface area (Å²) in [5, 5.41) is 2.79. The van der Waals surface area contributed by atoms with Gasteiger partial charge in [-0.1, -0.05) is 45.9 Å². The van der Waals surface area contributed by atoms with Crippen LogP contribution >= 0.6 is 7.52 Å². The fourth-order valence-electron chi connectivity index (χ4n) is 4.46. The zero-order chi connectivity index (χ0) is 32.4. The first-order valence-corrected chi connectivity index (χ1v) is 16.9. The Labute approximate surface area is 262 Å². The number of hydrogen-bond donors (Lipinski definition) is 2. The number of ether oxygens (including phenoxy) is 4. The molecule has 0 bridgehead atoms. The minimum Gasteiger partial charge on any atom is -0.466 e. The van der Waals surface area contributed by atoms with Crippen LogP contribution in [-0.4, -0.2) is 69.8 Å². The van der Waals surface area contributed by atoms with Gasteiger partial charge < -0.3 is 29.2 Å². The van der Waals surface area contributed by atoms with Crippen LogP contribution in [-0.2, 0) is 33.1 Å². The van der Waals surface area contributed by atoms with Gasteiger partial charge in [-0.05, 0) is 36.8 Å². The van der Waals surface area contributed by atoms with Crippen LogP contribution in [0.1, 0.15) is 59.6 Å². The van der Waals surface area contributed by atoms with Crippen molar-refractivity contribution in [2.45, 2.75) is 71.8 Å². The highest BCUT2D eigenvalue weighted by atomic mass is 31.2. The monoisotopic (exact) mass is 646 g/mol. The summed E-state index contributed by atoms with van der Waals surface area (Å²) in [5.41, 5.74) is 6.90. The molecule has 45 heavy (non-hydrogen) atoms. The van der Waals surface area contributed by atoms with E-state index in [1.165, 1.54) is 6.33 Å². The topological polar surface area (TPSA) is 179 Å². The van der Waals surface area contributed by atoms with Crippen molar-refractivity contribution in [3.8, 4) is 5.75 Å². The number of para-hydroxylation sites is 1. The lowest BCUT2D eigenvalue weighted by molar-refractivity contribution is -0.152. The lowest BCUT2D eigenvalue weighted by atomic mass is 10.1. The second kappa shape index (κ2) is 16.1. The van der Waals surface area contributed by atoms with Gasteiger partial charge in [-0.3, -0.25) is 18.7 Å². The van der Waals surface area contributed by atoms with Crippen molar-refractivity contribution >= 4 is 36.4 Å². The fraction of sp³-hybridized carbons (Fsp3) is 0.567. The largest absolute Gasteiger partial charge is 0.466 e. The van der Waals surface area contributed by atoms with E-state index in [0.29, 0.717) is 48.0 Å². The molecule has 246 valence electrons. The average Bonchev–Trinajstić information content (AvgIpc) is 3.64. The minimum absolute atomic E-state index is 0.151. The van der Waals surface area contributed by atoms with E-state index in [4.69, 9.17) is 29.2 Å². The number of anilines is 1. The van der Waals surface area contributed by atoms with Gasteiger partial charge in [0.05, 0.1) is 38.7 Å². The Kier molecular flexibility index (Phi) is 12.3. The van der Waals surface area contributed by atoms with Gasteiger partial charge in [-0.2, -0.15) is 0 Å². The average molecular weight is 647 g/mol. The van der Waals surface area contributed by atoms with Gasteiger partial charge in [0.2, 0.25) is 0 Å². The van der Waals surface area contributed by atoms with Crippen LogP contribution in [0, 0.1) is 11.8 Å². The highest BCUT2D eigenvalue weighted by molar-refractivity contribution is 7.57. The highest BCUT2D eigenvalue weighted by Crippen LogP contribution is 2.45. The maximum atomic E-state index is 14.3. The molecule has 1 aromatic carbocycles. The first kappa shape index (κ1) is 34.3. The summed E-state index contributed by atoms with van der Waals surface area (Å²) in [6.45, 7) is 8.59. The number of hydrogen-bond acceptors (Lipinski definition) is 12. The number of fused-ring (bicyclic) bond motifs is 1. The molecule has 4 rings (SSSR count). The Balaban J connectivity index is 1.47. The quantitative estimate of drug-likeness (QED) is 0.155. The molecule has 4 atom stereocenters. The highest BCUT2D eigenvalue weighted by Gasteiger charge is 2.37. The lowest BCUT2D eigenvalue weighted by Crippen LogP contribution is -2.40. The van der Waals surface area contributed by atoms with Crippen LogP contribution in [0.2, 0.25) is 0 Å². The summed E-state index contributed by atoms with van der Waals surface area (Å²) in [6, 6.07) is 7.22. The molecule has 2 aromatic heterocycles. The molecule has 3 N–H and O–H groups in total. The number of nitrogens with zero attached hydrogens (tertiary/aromatic N) is 4. The summed E-state index contributed by atoms with van der Waals surface area (Å²) < 4.78 is 44.8. The predicted molar refractivity (Wildman–Crippen MR) is 166 cm³/mol. The molecule has 1 aliphatic heterocycles. The van der Waals surface area contributed by atoms with E-state index >= 15 is 0 Å². The van der Waals surface area contributed by atoms with Gasteiger partial charge in [-0.25, -0.2) is 20.0 Å². The number of benzene rings is 1. The maximum absolute atomic E-state index is 14.3. The Bertz CT molecular complexity index is 1450. The molecule has 1 aliphatic rings.